The van der Waals surface area contributed by atoms with Crippen molar-refractivity contribution >= 4 is 23.2 Å². The van der Waals surface area contributed by atoms with E-state index in [2.05, 4.69) is 20.5 Å². The first kappa shape index (κ1) is 16.0. The van der Waals surface area contributed by atoms with Gasteiger partial charge in [-0.3, -0.25) is 9.78 Å². The molecule has 7 heteroatoms. The minimum absolute atomic E-state index is 0.241. The summed E-state index contributed by atoms with van der Waals surface area (Å²) in [4.78, 5) is 14.9. The van der Waals surface area contributed by atoms with Gasteiger partial charge in [0.05, 0.1) is 7.11 Å². The fourth-order valence-electron chi connectivity index (χ4n) is 2.14. The highest BCUT2D eigenvalue weighted by molar-refractivity contribution is 6.31. The number of halogens is 1. The molecule has 0 atom stereocenters. The third-order valence-corrected chi connectivity index (χ3v) is 3.90. The number of H-pyrrole nitrogens is 1. The number of methoxy groups -OCH3 is 1. The number of hydrogen-bond acceptors (Lipinski definition) is 5. The average Bonchev–Trinajstić information content (AvgIpc) is 2.59. The largest absolute Gasteiger partial charge is 0.497 e. The van der Waals surface area contributed by atoms with Crippen molar-refractivity contribution in [3.63, 3.8) is 0 Å². The summed E-state index contributed by atoms with van der Waals surface area (Å²) >= 11 is 6.08. The SMILES string of the molecule is COc1ccc(-c2nnc(Nc3ccc(C)c(Cl)c3)[nH]c2=O)cc1. The molecule has 0 aliphatic carbocycles. The molecule has 3 rings (SSSR count). The second-order valence-corrected chi connectivity index (χ2v) is 5.58. The fourth-order valence-corrected chi connectivity index (χ4v) is 2.32. The van der Waals surface area contributed by atoms with Gasteiger partial charge in [-0.05, 0) is 48.9 Å². The molecule has 0 unspecified atom stereocenters. The lowest BCUT2D eigenvalue weighted by atomic mass is 10.1. The molecule has 1 aromatic heterocycles. The first-order valence-electron chi connectivity index (χ1n) is 7.21. The van der Waals surface area contributed by atoms with Crippen LogP contribution in [0, 0.1) is 6.92 Å². The van der Waals surface area contributed by atoms with E-state index in [4.69, 9.17) is 16.3 Å². The zero-order valence-corrected chi connectivity index (χ0v) is 13.9. The number of aromatic amines is 1. The maximum absolute atomic E-state index is 12.3. The number of nitrogens with zero attached hydrogens (tertiary/aromatic N) is 2. The zero-order chi connectivity index (χ0) is 17.1. The van der Waals surface area contributed by atoms with Gasteiger partial charge in [0.25, 0.3) is 5.56 Å². The summed E-state index contributed by atoms with van der Waals surface area (Å²) in [7, 11) is 1.58. The number of aryl methyl sites for hydroxylation is 1. The topological polar surface area (TPSA) is 79.9 Å². The van der Waals surface area contributed by atoms with Crippen LogP contribution >= 0.6 is 11.6 Å². The minimum atomic E-state index is -0.337. The van der Waals surface area contributed by atoms with Crippen molar-refractivity contribution in [1.82, 2.24) is 15.2 Å². The van der Waals surface area contributed by atoms with Crippen molar-refractivity contribution in [2.45, 2.75) is 6.92 Å². The van der Waals surface area contributed by atoms with E-state index in [-0.39, 0.29) is 17.2 Å². The molecular formula is C17H15ClN4O2. The van der Waals surface area contributed by atoms with Gasteiger partial charge in [0, 0.05) is 16.3 Å². The number of anilines is 2. The average molecular weight is 343 g/mol. The summed E-state index contributed by atoms with van der Waals surface area (Å²) in [5.74, 6) is 0.954. The van der Waals surface area contributed by atoms with Gasteiger partial charge in [-0.15, -0.1) is 10.2 Å². The second kappa shape index (κ2) is 6.72. The lowest BCUT2D eigenvalue weighted by Gasteiger charge is -2.07. The Morgan fingerprint density at radius 3 is 2.50 bits per heavy atom. The number of rotatable bonds is 4. The summed E-state index contributed by atoms with van der Waals surface area (Å²) in [6.45, 7) is 1.91. The van der Waals surface area contributed by atoms with Crippen molar-refractivity contribution in [3.05, 3.63) is 63.4 Å². The summed E-state index contributed by atoms with van der Waals surface area (Å²) in [5, 5.41) is 11.6. The molecule has 0 bridgehead atoms. The third-order valence-electron chi connectivity index (χ3n) is 3.50. The van der Waals surface area contributed by atoms with E-state index in [1.165, 1.54) is 0 Å². The molecule has 24 heavy (non-hydrogen) atoms. The zero-order valence-electron chi connectivity index (χ0n) is 13.1. The first-order chi connectivity index (χ1) is 11.6. The summed E-state index contributed by atoms with van der Waals surface area (Å²) in [6, 6.07) is 12.5. The lowest BCUT2D eigenvalue weighted by Crippen LogP contribution is -2.15. The molecule has 0 saturated carbocycles. The van der Waals surface area contributed by atoms with Crippen LogP contribution in [-0.4, -0.2) is 22.3 Å². The van der Waals surface area contributed by atoms with E-state index in [1.54, 1.807) is 37.4 Å². The first-order valence-corrected chi connectivity index (χ1v) is 7.59. The molecule has 3 aromatic rings. The highest BCUT2D eigenvalue weighted by Crippen LogP contribution is 2.22. The molecule has 0 radical (unpaired) electrons. The van der Waals surface area contributed by atoms with Gasteiger partial charge in [0.15, 0.2) is 5.69 Å². The van der Waals surface area contributed by atoms with Gasteiger partial charge >= 0.3 is 0 Å². The van der Waals surface area contributed by atoms with Crippen LogP contribution in [-0.2, 0) is 0 Å². The van der Waals surface area contributed by atoms with Crippen molar-refractivity contribution in [1.29, 1.82) is 0 Å². The van der Waals surface area contributed by atoms with Crippen LogP contribution in [0.4, 0.5) is 11.6 Å². The Bertz CT molecular complexity index is 923. The summed E-state index contributed by atoms with van der Waals surface area (Å²) in [6.07, 6.45) is 0. The molecule has 0 spiro atoms. The molecule has 1 heterocycles. The number of hydrogen-bond donors (Lipinski definition) is 2. The Hall–Kier alpha value is -2.86. The van der Waals surface area contributed by atoms with Gasteiger partial charge < -0.3 is 10.1 Å². The Morgan fingerprint density at radius 2 is 1.88 bits per heavy atom. The molecule has 0 fully saturated rings. The van der Waals surface area contributed by atoms with Gasteiger partial charge in [-0.2, -0.15) is 0 Å². The van der Waals surface area contributed by atoms with Crippen LogP contribution < -0.4 is 15.6 Å². The van der Waals surface area contributed by atoms with Crippen molar-refractivity contribution < 1.29 is 4.74 Å². The third kappa shape index (κ3) is 3.38. The van der Waals surface area contributed by atoms with Crippen LogP contribution in [0.1, 0.15) is 5.56 Å². The summed E-state index contributed by atoms with van der Waals surface area (Å²) < 4.78 is 5.10. The molecule has 0 aliphatic heterocycles. The van der Waals surface area contributed by atoms with E-state index >= 15 is 0 Å². The maximum Gasteiger partial charge on any atom is 0.279 e. The van der Waals surface area contributed by atoms with Crippen LogP contribution in [0.2, 0.25) is 5.02 Å². The minimum Gasteiger partial charge on any atom is -0.497 e. The van der Waals surface area contributed by atoms with E-state index in [0.717, 1.165) is 5.56 Å². The van der Waals surface area contributed by atoms with Gasteiger partial charge in [0.1, 0.15) is 5.75 Å². The second-order valence-electron chi connectivity index (χ2n) is 5.17. The van der Waals surface area contributed by atoms with E-state index in [9.17, 15) is 4.79 Å². The Labute approximate surface area is 143 Å². The van der Waals surface area contributed by atoms with Gasteiger partial charge in [-0.1, -0.05) is 17.7 Å². The molecule has 0 amide bonds. The van der Waals surface area contributed by atoms with Crippen molar-refractivity contribution in [2.24, 2.45) is 0 Å². The van der Waals surface area contributed by atoms with Crippen LogP contribution in [0.5, 0.6) is 5.75 Å². The highest BCUT2D eigenvalue weighted by atomic mass is 35.5. The Balaban J connectivity index is 1.86. The van der Waals surface area contributed by atoms with Crippen molar-refractivity contribution in [2.75, 3.05) is 12.4 Å². The highest BCUT2D eigenvalue weighted by Gasteiger charge is 2.08. The van der Waals surface area contributed by atoms with Crippen LogP contribution in [0.15, 0.2) is 47.3 Å². The van der Waals surface area contributed by atoms with Crippen molar-refractivity contribution in [3.8, 4) is 17.0 Å². The monoisotopic (exact) mass is 342 g/mol. The lowest BCUT2D eigenvalue weighted by molar-refractivity contribution is 0.415. The molecule has 0 saturated heterocycles. The standard InChI is InChI=1S/C17H15ClN4O2/c1-10-3-6-12(9-14(10)18)19-17-20-16(23)15(21-22-17)11-4-7-13(24-2)8-5-11/h3-9H,1-2H3,(H2,19,20,22,23). The molecule has 2 N–H and O–H groups in total. The molecule has 2 aromatic carbocycles. The molecule has 0 aliphatic rings. The predicted octanol–water partition coefficient (Wildman–Crippen LogP) is 3.55. The maximum atomic E-state index is 12.3. The number of ether oxygens (including phenoxy) is 1. The number of aromatic nitrogens is 3. The number of nitrogens with one attached hydrogen (secondary N) is 2. The Morgan fingerprint density at radius 1 is 1.12 bits per heavy atom. The van der Waals surface area contributed by atoms with Gasteiger partial charge in [0.2, 0.25) is 5.95 Å². The molecule has 122 valence electrons. The molecule has 6 nitrogen and oxygen atoms in total. The van der Waals surface area contributed by atoms with Crippen LogP contribution in [0.3, 0.4) is 0 Å². The van der Waals surface area contributed by atoms with E-state index in [0.29, 0.717) is 22.0 Å². The van der Waals surface area contributed by atoms with E-state index in [1.807, 2.05) is 19.1 Å². The Kier molecular flexibility index (Phi) is 4.48. The van der Waals surface area contributed by atoms with Crippen LogP contribution in [0.25, 0.3) is 11.3 Å². The smallest absolute Gasteiger partial charge is 0.279 e. The predicted molar refractivity (Wildman–Crippen MR) is 94.1 cm³/mol. The number of benzene rings is 2. The normalized spacial score (nSPS) is 10.5. The fraction of sp³-hybridized carbons (Fsp3) is 0.118. The van der Waals surface area contributed by atoms with Gasteiger partial charge in [-0.25, -0.2) is 0 Å². The molecular weight excluding hydrogens is 328 g/mol. The quantitative estimate of drug-likeness (QED) is 0.758. The summed E-state index contributed by atoms with van der Waals surface area (Å²) in [5.41, 5.74) is 2.25. The van der Waals surface area contributed by atoms with E-state index < -0.39 is 0 Å².